The van der Waals surface area contributed by atoms with E-state index >= 15 is 0 Å². The van der Waals surface area contributed by atoms with Crippen LogP contribution >= 0.6 is 11.8 Å². The largest absolute Gasteiger partial charge is 0.323 e. The van der Waals surface area contributed by atoms with E-state index in [-0.39, 0.29) is 17.5 Å². The van der Waals surface area contributed by atoms with Gasteiger partial charge in [-0.15, -0.1) is 0 Å². The second-order valence-corrected chi connectivity index (χ2v) is 4.56. The number of thioether (sulfide) groups is 1. The van der Waals surface area contributed by atoms with E-state index in [0.717, 1.165) is 24.1 Å². The number of amides is 1. The molecule has 2 rings (SSSR count). The van der Waals surface area contributed by atoms with Crippen molar-refractivity contribution < 1.29 is 9.18 Å². The highest BCUT2D eigenvalue weighted by Crippen LogP contribution is 2.24. The Morgan fingerprint density at radius 3 is 3.20 bits per heavy atom. The molecule has 0 radical (unpaired) electrons. The molecule has 1 atom stereocenters. The molecule has 1 aliphatic rings. The summed E-state index contributed by atoms with van der Waals surface area (Å²) >= 11 is 1.76. The van der Waals surface area contributed by atoms with Gasteiger partial charge in [0.2, 0.25) is 5.91 Å². The molecule has 80 valence electrons. The first kappa shape index (κ1) is 10.4. The lowest BCUT2D eigenvalue weighted by Gasteiger charge is -2.09. The van der Waals surface area contributed by atoms with E-state index in [4.69, 9.17) is 0 Å². The first-order valence-electron chi connectivity index (χ1n) is 4.75. The van der Waals surface area contributed by atoms with E-state index in [1.807, 2.05) is 0 Å². The topological polar surface area (TPSA) is 42.0 Å². The molecule has 1 aromatic rings. The summed E-state index contributed by atoms with van der Waals surface area (Å²) in [5, 5.41) is 2.58. The van der Waals surface area contributed by atoms with Crippen molar-refractivity contribution in [3.63, 3.8) is 0 Å². The summed E-state index contributed by atoms with van der Waals surface area (Å²) in [6, 6.07) is 1.47. The van der Waals surface area contributed by atoms with E-state index in [0.29, 0.717) is 0 Å². The highest BCUT2D eigenvalue weighted by atomic mass is 32.2. The molecule has 3 nitrogen and oxygen atoms in total. The van der Waals surface area contributed by atoms with Crippen molar-refractivity contribution in [2.75, 3.05) is 16.8 Å². The zero-order chi connectivity index (χ0) is 10.7. The molecule has 1 N–H and O–H groups in total. The molecule has 1 saturated heterocycles. The molecule has 0 saturated carbocycles. The Labute approximate surface area is 91.5 Å². The molecule has 0 aliphatic carbocycles. The van der Waals surface area contributed by atoms with E-state index < -0.39 is 5.82 Å². The van der Waals surface area contributed by atoms with Crippen LogP contribution in [0.15, 0.2) is 18.5 Å². The predicted molar refractivity (Wildman–Crippen MR) is 58.3 cm³/mol. The second kappa shape index (κ2) is 4.61. The van der Waals surface area contributed by atoms with Gasteiger partial charge >= 0.3 is 0 Å². The van der Waals surface area contributed by atoms with Crippen LogP contribution in [0.4, 0.5) is 10.1 Å². The van der Waals surface area contributed by atoms with Gasteiger partial charge in [-0.3, -0.25) is 9.78 Å². The van der Waals surface area contributed by atoms with Crippen molar-refractivity contribution in [1.82, 2.24) is 4.98 Å². The van der Waals surface area contributed by atoms with Crippen LogP contribution in [0.2, 0.25) is 0 Å². The fraction of sp³-hybridized carbons (Fsp3) is 0.400. The number of carbonyl (C=O) groups excluding carboxylic acids is 1. The number of nitrogens with zero attached hydrogens (tertiary/aromatic N) is 1. The van der Waals surface area contributed by atoms with E-state index in [9.17, 15) is 9.18 Å². The maximum atomic E-state index is 13.2. The van der Waals surface area contributed by atoms with Crippen molar-refractivity contribution in [1.29, 1.82) is 0 Å². The summed E-state index contributed by atoms with van der Waals surface area (Å²) in [4.78, 5) is 15.3. The molecule has 15 heavy (non-hydrogen) atoms. The summed E-state index contributed by atoms with van der Waals surface area (Å²) in [7, 11) is 0. The fourth-order valence-corrected chi connectivity index (χ4v) is 2.67. The minimum absolute atomic E-state index is 0.0163. The Balaban J connectivity index is 2.02. The Bertz CT molecular complexity index is 366. The average molecular weight is 226 g/mol. The Morgan fingerprint density at radius 2 is 2.53 bits per heavy atom. The number of pyridine rings is 1. The maximum Gasteiger partial charge on any atom is 0.228 e. The van der Waals surface area contributed by atoms with Crippen molar-refractivity contribution in [3.05, 3.63) is 24.3 Å². The third-order valence-electron chi connectivity index (χ3n) is 2.33. The molecule has 5 heteroatoms. The van der Waals surface area contributed by atoms with E-state index in [1.165, 1.54) is 12.3 Å². The number of halogens is 1. The lowest BCUT2D eigenvalue weighted by molar-refractivity contribution is -0.119. The molecule has 1 fully saturated rings. The smallest absolute Gasteiger partial charge is 0.228 e. The van der Waals surface area contributed by atoms with Crippen LogP contribution < -0.4 is 5.32 Å². The number of hydrogen-bond acceptors (Lipinski definition) is 3. The molecule has 2 heterocycles. The third-order valence-corrected chi connectivity index (χ3v) is 3.49. The second-order valence-electron chi connectivity index (χ2n) is 3.41. The summed E-state index contributed by atoms with van der Waals surface area (Å²) in [6.07, 6.45) is 3.43. The van der Waals surface area contributed by atoms with Crippen LogP contribution in [0.25, 0.3) is 0 Å². The lowest BCUT2D eigenvalue weighted by Crippen LogP contribution is -2.22. The van der Waals surface area contributed by atoms with Crippen LogP contribution in [0, 0.1) is 11.7 Å². The van der Waals surface area contributed by atoms with Crippen LogP contribution in [-0.4, -0.2) is 22.4 Å². The van der Waals surface area contributed by atoms with Gasteiger partial charge in [-0.1, -0.05) is 0 Å². The fourth-order valence-electron chi connectivity index (χ4n) is 1.45. The number of nitrogens with one attached hydrogen (secondary N) is 1. The summed E-state index contributed by atoms with van der Waals surface area (Å²) in [6.45, 7) is 0. The zero-order valence-corrected chi connectivity index (χ0v) is 8.89. The minimum Gasteiger partial charge on any atom is -0.323 e. The normalized spacial score (nSPS) is 20.2. The minimum atomic E-state index is -0.489. The molecule has 0 aromatic carbocycles. The molecule has 0 bridgehead atoms. The first-order chi connectivity index (χ1) is 7.27. The van der Waals surface area contributed by atoms with Gasteiger partial charge in [0.25, 0.3) is 0 Å². The zero-order valence-electron chi connectivity index (χ0n) is 8.07. The Kier molecular flexibility index (Phi) is 3.20. The number of carbonyl (C=O) groups is 1. The first-order valence-corrected chi connectivity index (χ1v) is 5.91. The lowest BCUT2D eigenvalue weighted by atomic mass is 10.1. The van der Waals surface area contributed by atoms with Gasteiger partial charge in [-0.25, -0.2) is 4.39 Å². The van der Waals surface area contributed by atoms with E-state index in [1.54, 1.807) is 11.8 Å². The monoisotopic (exact) mass is 226 g/mol. The van der Waals surface area contributed by atoms with Crippen molar-refractivity contribution >= 4 is 23.4 Å². The predicted octanol–water partition coefficient (Wildman–Crippen LogP) is 1.91. The average Bonchev–Trinajstić information content (AvgIpc) is 2.74. The van der Waals surface area contributed by atoms with E-state index in [2.05, 4.69) is 10.3 Å². The molecular weight excluding hydrogens is 215 g/mol. The number of rotatable bonds is 2. The van der Waals surface area contributed by atoms with Gasteiger partial charge < -0.3 is 5.32 Å². The third kappa shape index (κ3) is 2.47. The number of anilines is 1. The SMILES string of the molecule is O=C(Nc1ccncc1F)C1CCSC1. The van der Waals surface area contributed by atoms with Crippen LogP contribution in [0.3, 0.4) is 0 Å². The molecule has 1 amide bonds. The van der Waals surface area contributed by atoms with Crippen LogP contribution in [0.1, 0.15) is 6.42 Å². The van der Waals surface area contributed by atoms with Crippen molar-refractivity contribution in [2.24, 2.45) is 5.92 Å². The van der Waals surface area contributed by atoms with Gasteiger partial charge in [0.05, 0.1) is 11.9 Å². The highest BCUT2D eigenvalue weighted by Gasteiger charge is 2.23. The highest BCUT2D eigenvalue weighted by molar-refractivity contribution is 7.99. The number of aromatic nitrogens is 1. The molecule has 1 unspecified atom stereocenters. The molecular formula is C10H11FN2OS. The maximum absolute atomic E-state index is 13.2. The summed E-state index contributed by atoms with van der Waals surface area (Å²) in [5.41, 5.74) is 0.215. The van der Waals surface area contributed by atoms with Crippen molar-refractivity contribution in [3.8, 4) is 0 Å². The summed E-state index contributed by atoms with van der Waals surface area (Å²) < 4.78 is 13.2. The number of hydrogen-bond donors (Lipinski definition) is 1. The molecule has 1 aliphatic heterocycles. The standard InChI is InChI=1S/C10H11FN2OS/c11-8-5-12-3-1-9(8)13-10(14)7-2-4-15-6-7/h1,3,5,7H,2,4,6H2,(H,12,13,14). The quantitative estimate of drug-likeness (QED) is 0.837. The summed E-state index contributed by atoms with van der Waals surface area (Å²) in [5.74, 6) is 1.28. The Hall–Kier alpha value is -1.10. The molecule has 0 spiro atoms. The Morgan fingerprint density at radius 1 is 1.67 bits per heavy atom. The van der Waals surface area contributed by atoms with Gasteiger partial charge in [-0.2, -0.15) is 11.8 Å². The van der Waals surface area contributed by atoms with Gasteiger partial charge in [0.1, 0.15) is 0 Å². The van der Waals surface area contributed by atoms with Gasteiger partial charge in [0.15, 0.2) is 5.82 Å². The van der Waals surface area contributed by atoms with Crippen LogP contribution in [-0.2, 0) is 4.79 Å². The van der Waals surface area contributed by atoms with Gasteiger partial charge in [0, 0.05) is 17.9 Å². The van der Waals surface area contributed by atoms with Crippen LogP contribution in [0.5, 0.6) is 0 Å². The van der Waals surface area contributed by atoms with Crippen molar-refractivity contribution in [2.45, 2.75) is 6.42 Å². The van der Waals surface area contributed by atoms with Gasteiger partial charge in [-0.05, 0) is 18.2 Å². The molecule has 1 aromatic heterocycles.